The molecule has 0 aromatic heterocycles. The van der Waals surface area contributed by atoms with Crippen molar-refractivity contribution in [2.24, 2.45) is 5.92 Å². The number of rotatable bonds is 6. The lowest BCUT2D eigenvalue weighted by Gasteiger charge is -2.14. The van der Waals surface area contributed by atoms with Crippen LogP contribution >= 0.6 is 11.6 Å². The summed E-state index contributed by atoms with van der Waals surface area (Å²) >= 11 is 5.98. The monoisotopic (exact) mass is 240 g/mol. The number of halogens is 1. The molecule has 0 saturated heterocycles. The first-order valence-corrected chi connectivity index (χ1v) is 5.93. The summed E-state index contributed by atoms with van der Waals surface area (Å²) in [4.78, 5) is 10.8. The van der Waals surface area contributed by atoms with Gasteiger partial charge in [0.15, 0.2) is 6.29 Å². The van der Waals surface area contributed by atoms with Gasteiger partial charge in [-0.05, 0) is 24.5 Å². The van der Waals surface area contributed by atoms with Crippen LogP contribution in [-0.4, -0.2) is 12.9 Å². The first-order valence-electron chi connectivity index (χ1n) is 5.55. The van der Waals surface area contributed by atoms with E-state index < -0.39 is 0 Å². The SMILES string of the molecule is CCCC(C)COc1c(Cl)cccc1C=O. The summed E-state index contributed by atoms with van der Waals surface area (Å²) in [6.45, 7) is 4.86. The molecule has 1 atom stereocenters. The molecule has 0 fully saturated rings. The van der Waals surface area contributed by atoms with Gasteiger partial charge in [-0.1, -0.05) is 37.9 Å². The number of hydrogen-bond acceptors (Lipinski definition) is 2. The molecular formula is C13H17ClO2. The van der Waals surface area contributed by atoms with Crippen molar-refractivity contribution in [3.05, 3.63) is 28.8 Å². The quantitative estimate of drug-likeness (QED) is 0.704. The third kappa shape index (κ3) is 3.53. The molecule has 1 aromatic rings. The van der Waals surface area contributed by atoms with Crippen LogP contribution in [0.3, 0.4) is 0 Å². The van der Waals surface area contributed by atoms with E-state index in [1.54, 1.807) is 18.2 Å². The number of ether oxygens (including phenoxy) is 1. The van der Waals surface area contributed by atoms with Gasteiger partial charge in [-0.3, -0.25) is 4.79 Å². The zero-order chi connectivity index (χ0) is 12.0. The highest BCUT2D eigenvalue weighted by Crippen LogP contribution is 2.28. The lowest BCUT2D eigenvalue weighted by Crippen LogP contribution is -2.09. The van der Waals surface area contributed by atoms with Crippen molar-refractivity contribution in [2.75, 3.05) is 6.61 Å². The van der Waals surface area contributed by atoms with Crippen LogP contribution in [-0.2, 0) is 0 Å². The Labute approximate surface area is 102 Å². The molecule has 88 valence electrons. The topological polar surface area (TPSA) is 26.3 Å². The van der Waals surface area contributed by atoms with Gasteiger partial charge in [0, 0.05) is 0 Å². The van der Waals surface area contributed by atoms with Gasteiger partial charge < -0.3 is 4.74 Å². The van der Waals surface area contributed by atoms with Crippen molar-refractivity contribution < 1.29 is 9.53 Å². The molecule has 3 heteroatoms. The summed E-state index contributed by atoms with van der Waals surface area (Å²) in [5, 5.41) is 0.494. The van der Waals surface area contributed by atoms with Gasteiger partial charge in [0.25, 0.3) is 0 Å². The van der Waals surface area contributed by atoms with Crippen LogP contribution < -0.4 is 4.74 Å². The predicted molar refractivity (Wildman–Crippen MR) is 66.4 cm³/mol. The van der Waals surface area contributed by atoms with Crippen molar-refractivity contribution in [3.63, 3.8) is 0 Å². The molecule has 0 aliphatic carbocycles. The summed E-state index contributed by atoms with van der Waals surface area (Å²) in [7, 11) is 0. The maximum atomic E-state index is 10.8. The molecule has 0 N–H and O–H groups in total. The fourth-order valence-electron chi connectivity index (χ4n) is 1.57. The van der Waals surface area contributed by atoms with Crippen molar-refractivity contribution in [2.45, 2.75) is 26.7 Å². The normalized spacial score (nSPS) is 12.2. The molecule has 0 saturated carbocycles. The minimum Gasteiger partial charge on any atom is -0.491 e. The maximum absolute atomic E-state index is 10.8. The number of aldehydes is 1. The minimum absolute atomic E-state index is 0.473. The minimum atomic E-state index is 0.473. The summed E-state index contributed by atoms with van der Waals surface area (Å²) < 4.78 is 5.61. The van der Waals surface area contributed by atoms with E-state index >= 15 is 0 Å². The van der Waals surface area contributed by atoms with E-state index in [9.17, 15) is 4.79 Å². The Morgan fingerprint density at radius 3 is 2.88 bits per heavy atom. The second kappa shape index (κ2) is 6.54. The van der Waals surface area contributed by atoms with Crippen LogP contribution in [0.5, 0.6) is 5.75 Å². The summed E-state index contributed by atoms with van der Waals surface area (Å²) in [5.41, 5.74) is 0.510. The van der Waals surface area contributed by atoms with Gasteiger partial charge in [0.05, 0.1) is 17.2 Å². The van der Waals surface area contributed by atoms with Gasteiger partial charge in [-0.25, -0.2) is 0 Å². The van der Waals surface area contributed by atoms with Crippen molar-refractivity contribution in [3.8, 4) is 5.75 Å². The van der Waals surface area contributed by atoms with Crippen LogP contribution in [0.15, 0.2) is 18.2 Å². The van der Waals surface area contributed by atoms with E-state index in [0.29, 0.717) is 28.9 Å². The Bertz CT molecular complexity index is 350. The second-order valence-electron chi connectivity index (χ2n) is 3.98. The zero-order valence-corrected chi connectivity index (χ0v) is 10.5. The molecule has 1 aromatic carbocycles. The third-order valence-electron chi connectivity index (χ3n) is 2.42. The number of para-hydroxylation sites is 1. The van der Waals surface area contributed by atoms with Gasteiger partial charge in [-0.15, -0.1) is 0 Å². The van der Waals surface area contributed by atoms with E-state index in [4.69, 9.17) is 16.3 Å². The van der Waals surface area contributed by atoms with Crippen LogP contribution in [0.4, 0.5) is 0 Å². The molecule has 0 amide bonds. The molecule has 0 bridgehead atoms. The van der Waals surface area contributed by atoms with Gasteiger partial charge in [0.2, 0.25) is 0 Å². The molecule has 0 radical (unpaired) electrons. The number of benzene rings is 1. The maximum Gasteiger partial charge on any atom is 0.153 e. The van der Waals surface area contributed by atoms with Crippen LogP contribution in [0.25, 0.3) is 0 Å². The highest BCUT2D eigenvalue weighted by atomic mass is 35.5. The molecule has 0 spiro atoms. The van der Waals surface area contributed by atoms with Crippen molar-refractivity contribution >= 4 is 17.9 Å². The Morgan fingerprint density at radius 1 is 1.50 bits per heavy atom. The van der Waals surface area contributed by atoms with E-state index in [0.717, 1.165) is 19.1 Å². The van der Waals surface area contributed by atoms with Gasteiger partial charge >= 0.3 is 0 Å². The first-order chi connectivity index (χ1) is 7.69. The van der Waals surface area contributed by atoms with Crippen molar-refractivity contribution in [1.29, 1.82) is 0 Å². The summed E-state index contributed by atoms with van der Waals surface area (Å²) in [5.74, 6) is 0.975. The fraction of sp³-hybridized carbons (Fsp3) is 0.462. The Kier molecular flexibility index (Phi) is 5.33. The molecule has 2 nitrogen and oxygen atoms in total. The van der Waals surface area contributed by atoms with Gasteiger partial charge in [0.1, 0.15) is 5.75 Å². The molecule has 1 rings (SSSR count). The first kappa shape index (κ1) is 13.0. The fourth-order valence-corrected chi connectivity index (χ4v) is 1.81. The predicted octanol–water partition coefficient (Wildman–Crippen LogP) is 3.97. The number of carbonyl (C=O) groups excluding carboxylic acids is 1. The number of carbonyl (C=O) groups is 1. The smallest absolute Gasteiger partial charge is 0.153 e. The average molecular weight is 241 g/mol. The largest absolute Gasteiger partial charge is 0.491 e. The molecule has 0 aliphatic rings. The molecular weight excluding hydrogens is 224 g/mol. The van der Waals surface area contributed by atoms with Crippen molar-refractivity contribution in [1.82, 2.24) is 0 Å². The highest BCUT2D eigenvalue weighted by molar-refractivity contribution is 6.32. The zero-order valence-electron chi connectivity index (χ0n) is 9.70. The number of hydrogen-bond donors (Lipinski definition) is 0. The Hall–Kier alpha value is -1.02. The van der Waals surface area contributed by atoms with E-state index in [1.165, 1.54) is 0 Å². The summed E-state index contributed by atoms with van der Waals surface area (Å²) in [6, 6.07) is 5.18. The lowest BCUT2D eigenvalue weighted by atomic mass is 10.1. The van der Waals surface area contributed by atoms with E-state index in [1.807, 2.05) is 0 Å². The summed E-state index contributed by atoms with van der Waals surface area (Å²) in [6.07, 6.45) is 3.01. The molecule has 0 heterocycles. The third-order valence-corrected chi connectivity index (χ3v) is 2.72. The van der Waals surface area contributed by atoms with Crippen LogP contribution in [0.1, 0.15) is 37.0 Å². The van der Waals surface area contributed by atoms with Crippen LogP contribution in [0, 0.1) is 5.92 Å². The second-order valence-corrected chi connectivity index (χ2v) is 4.39. The Balaban J connectivity index is 2.69. The van der Waals surface area contributed by atoms with Gasteiger partial charge in [-0.2, -0.15) is 0 Å². The average Bonchev–Trinajstić information content (AvgIpc) is 2.27. The lowest BCUT2D eigenvalue weighted by molar-refractivity contribution is 0.111. The van der Waals surface area contributed by atoms with Crippen LogP contribution in [0.2, 0.25) is 5.02 Å². The molecule has 16 heavy (non-hydrogen) atoms. The van der Waals surface area contributed by atoms with E-state index in [-0.39, 0.29) is 0 Å². The molecule has 1 unspecified atom stereocenters. The highest BCUT2D eigenvalue weighted by Gasteiger charge is 2.09. The Morgan fingerprint density at radius 2 is 2.25 bits per heavy atom. The molecule has 0 aliphatic heterocycles. The van der Waals surface area contributed by atoms with E-state index in [2.05, 4.69) is 13.8 Å². The standard InChI is InChI=1S/C13H17ClO2/c1-3-5-10(2)9-16-13-11(8-15)6-4-7-12(13)14/h4,6-8,10H,3,5,9H2,1-2H3.